The summed E-state index contributed by atoms with van der Waals surface area (Å²) in [4.78, 5) is 0. The number of hydrogen-bond donors (Lipinski definition) is 2. The van der Waals surface area contributed by atoms with E-state index in [4.69, 9.17) is 16.3 Å². The number of benzene rings is 2. The van der Waals surface area contributed by atoms with Crippen LogP contribution in [0.3, 0.4) is 0 Å². The summed E-state index contributed by atoms with van der Waals surface area (Å²) in [6, 6.07) is 15.9. The molecular weight excluding hydrogens is 379 g/mol. The van der Waals surface area contributed by atoms with E-state index < -0.39 is 0 Å². The summed E-state index contributed by atoms with van der Waals surface area (Å²) in [7, 11) is 0. The lowest BCUT2D eigenvalue weighted by atomic mass is 10.2. The van der Waals surface area contributed by atoms with Crippen molar-refractivity contribution in [3.05, 3.63) is 64.7 Å². The monoisotopic (exact) mass is 404 g/mol. The van der Waals surface area contributed by atoms with Crippen molar-refractivity contribution >= 4 is 36.4 Å². The Hall–Kier alpha value is -0.970. The van der Waals surface area contributed by atoms with Gasteiger partial charge in [0.15, 0.2) is 0 Å². The highest BCUT2D eigenvalue weighted by Gasteiger charge is 2.05. The Balaban J connectivity index is 0.00000288. The Bertz CT molecular complexity index is 596. The van der Waals surface area contributed by atoms with Gasteiger partial charge in [0.1, 0.15) is 12.4 Å². The molecule has 0 atom stereocenters. The molecule has 0 spiro atoms. The fourth-order valence-corrected chi connectivity index (χ4v) is 2.49. The maximum atomic E-state index is 6.18. The van der Waals surface area contributed by atoms with Crippen LogP contribution >= 0.6 is 36.4 Å². The second-order valence-electron chi connectivity index (χ2n) is 5.37. The first-order valence-electron chi connectivity index (χ1n) is 8.16. The molecule has 0 saturated carbocycles. The third kappa shape index (κ3) is 8.80. The zero-order valence-corrected chi connectivity index (χ0v) is 16.9. The van der Waals surface area contributed by atoms with Crippen LogP contribution in [0, 0.1) is 0 Å². The smallest absolute Gasteiger partial charge is 0.124 e. The van der Waals surface area contributed by atoms with Crippen LogP contribution in [-0.4, -0.2) is 19.6 Å². The molecule has 140 valence electrons. The fourth-order valence-electron chi connectivity index (χ4n) is 2.30. The molecule has 0 saturated heterocycles. The molecular formula is C19H27Cl3N2O. The Morgan fingerprint density at radius 3 is 2.24 bits per heavy atom. The second kappa shape index (κ2) is 14.2. The first kappa shape index (κ1) is 24.0. The highest BCUT2D eigenvalue weighted by molar-refractivity contribution is 6.31. The van der Waals surface area contributed by atoms with Gasteiger partial charge in [-0.1, -0.05) is 54.9 Å². The van der Waals surface area contributed by atoms with E-state index in [0.717, 1.165) is 48.9 Å². The average molecular weight is 406 g/mol. The molecule has 25 heavy (non-hydrogen) atoms. The summed E-state index contributed by atoms with van der Waals surface area (Å²) in [5.74, 6) is 0.909. The van der Waals surface area contributed by atoms with Crippen molar-refractivity contribution in [2.45, 2.75) is 26.5 Å². The van der Waals surface area contributed by atoms with Gasteiger partial charge in [-0.05, 0) is 38.2 Å². The molecule has 2 aromatic rings. The highest BCUT2D eigenvalue weighted by atomic mass is 35.5. The summed E-state index contributed by atoms with van der Waals surface area (Å²) < 4.78 is 5.96. The molecule has 2 N–H and O–H groups in total. The van der Waals surface area contributed by atoms with Crippen molar-refractivity contribution in [3.63, 3.8) is 0 Å². The number of para-hydroxylation sites is 1. The minimum atomic E-state index is 0. The number of halogens is 3. The van der Waals surface area contributed by atoms with E-state index in [1.165, 1.54) is 5.56 Å². The number of ether oxygens (including phenoxy) is 1. The maximum absolute atomic E-state index is 6.18. The SMILES string of the molecule is CCNCCCNCc1ccccc1OCc1ccccc1Cl.Cl.Cl. The fraction of sp³-hybridized carbons (Fsp3) is 0.368. The highest BCUT2D eigenvalue weighted by Crippen LogP contribution is 2.21. The molecule has 0 unspecified atom stereocenters. The minimum Gasteiger partial charge on any atom is -0.489 e. The van der Waals surface area contributed by atoms with Gasteiger partial charge < -0.3 is 15.4 Å². The standard InChI is InChI=1S/C19H25ClN2O.2ClH/c1-2-21-12-7-13-22-14-16-8-4-6-11-19(16)23-15-17-9-3-5-10-18(17)20;;/h3-6,8-11,21-22H,2,7,12-15H2,1H3;2*1H. The zero-order valence-electron chi connectivity index (χ0n) is 14.5. The first-order valence-corrected chi connectivity index (χ1v) is 8.54. The lowest BCUT2D eigenvalue weighted by Crippen LogP contribution is -2.21. The van der Waals surface area contributed by atoms with Crippen LogP contribution in [0.25, 0.3) is 0 Å². The van der Waals surface area contributed by atoms with Gasteiger partial charge in [0, 0.05) is 22.7 Å². The van der Waals surface area contributed by atoms with Crippen molar-refractivity contribution in [1.82, 2.24) is 10.6 Å². The summed E-state index contributed by atoms with van der Waals surface area (Å²) in [5, 5.41) is 7.53. The Labute approximate surface area is 168 Å². The summed E-state index contributed by atoms with van der Waals surface area (Å²) in [6.07, 6.45) is 1.12. The maximum Gasteiger partial charge on any atom is 0.124 e. The van der Waals surface area contributed by atoms with Crippen LogP contribution in [-0.2, 0) is 13.2 Å². The summed E-state index contributed by atoms with van der Waals surface area (Å²) >= 11 is 6.18. The molecule has 0 fully saturated rings. The van der Waals surface area contributed by atoms with Crippen LogP contribution in [0.4, 0.5) is 0 Å². The van der Waals surface area contributed by atoms with Crippen LogP contribution in [0.1, 0.15) is 24.5 Å². The molecule has 0 aliphatic carbocycles. The van der Waals surface area contributed by atoms with Crippen LogP contribution < -0.4 is 15.4 Å². The summed E-state index contributed by atoms with van der Waals surface area (Å²) in [6.45, 7) is 6.49. The van der Waals surface area contributed by atoms with Gasteiger partial charge >= 0.3 is 0 Å². The van der Waals surface area contributed by atoms with Gasteiger partial charge in [-0.3, -0.25) is 0 Å². The van der Waals surface area contributed by atoms with Gasteiger partial charge in [0.05, 0.1) is 0 Å². The normalized spacial score (nSPS) is 9.84. The second-order valence-corrected chi connectivity index (χ2v) is 5.78. The quantitative estimate of drug-likeness (QED) is 0.554. The van der Waals surface area contributed by atoms with Crippen molar-refractivity contribution in [2.75, 3.05) is 19.6 Å². The third-order valence-electron chi connectivity index (χ3n) is 3.59. The molecule has 0 bridgehead atoms. The van der Waals surface area contributed by atoms with Crippen LogP contribution in [0.15, 0.2) is 48.5 Å². The topological polar surface area (TPSA) is 33.3 Å². The van der Waals surface area contributed by atoms with Crippen LogP contribution in [0.5, 0.6) is 5.75 Å². The largest absolute Gasteiger partial charge is 0.489 e. The molecule has 0 aliphatic rings. The molecule has 2 aromatic carbocycles. The van der Waals surface area contributed by atoms with E-state index >= 15 is 0 Å². The van der Waals surface area contributed by atoms with E-state index in [-0.39, 0.29) is 24.8 Å². The Morgan fingerprint density at radius 2 is 1.52 bits per heavy atom. The van der Waals surface area contributed by atoms with Crippen molar-refractivity contribution in [3.8, 4) is 5.75 Å². The van der Waals surface area contributed by atoms with Crippen molar-refractivity contribution < 1.29 is 4.74 Å². The molecule has 3 nitrogen and oxygen atoms in total. The number of nitrogens with one attached hydrogen (secondary N) is 2. The molecule has 0 amide bonds. The third-order valence-corrected chi connectivity index (χ3v) is 3.95. The lowest BCUT2D eigenvalue weighted by molar-refractivity contribution is 0.302. The average Bonchev–Trinajstić information content (AvgIpc) is 2.58. The van der Waals surface area contributed by atoms with Gasteiger partial charge in [0.25, 0.3) is 0 Å². The summed E-state index contributed by atoms with van der Waals surface area (Å²) in [5.41, 5.74) is 2.17. The van der Waals surface area contributed by atoms with Gasteiger partial charge in [-0.25, -0.2) is 0 Å². The van der Waals surface area contributed by atoms with Crippen molar-refractivity contribution in [2.24, 2.45) is 0 Å². The van der Waals surface area contributed by atoms with Gasteiger partial charge in [-0.2, -0.15) is 0 Å². The van der Waals surface area contributed by atoms with E-state index in [1.807, 2.05) is 42.5 Å². The zero-order chi connectivity index (χ0) is 16.3. The van der Waals surface area contributed by atoms with Crippen molar-refractivity contribution in [1.29, 1.82) is 0 Å². The Kier molecular flexibility index (Phi) is 13.7. The molecule has 0 aromatic heterocycles. The molecule has 0 heterocycles. The molecule has 0 radical (unpaired) electrons. The van der Waals surface area contributed by atoms with E-state index in [9.17, 15) is 0 Å². The first-order chi connectivity index (χ1) is 11.3. The predicted octanol–water partition coefficient (Wildman–Crippen LogP) is 4.85. The number of rotatable bonds is 10. The van der Waals surface area contributed by atoms with Gasteiger partial charge in [0.2, 0.25) is 0 Å². The van der Waals surface area contributed by atoms with Gasteiger partial charge in [-0.15, -0.1) is 24.8 Å². The van der Waals surface area contributed by atoms with E-state index in [0.29, 0.717) is 6.61 Å². The molecule has 6 heteroatoms. The molecule has 0 aliphatic heterocycles. The van der Waals surface area contributed by atoms with Crippen LogP contribution in [0.2, 0.25) is 5.02 Å². The predicted molar refractivity (Wildman–Crippen MR) is 112 cm³/mol. The number of hydrogen-bond acceptors (Lipinski definition) is 3. The minimum absolute atomic E-state index is 0. The Morgan fingerprint density at radius 1 is 0.880 bits per heavy atom. The van der Waals surface area contributed by atoms with E-state index in [2.05, 4.69) is 23.6 Å². The molecule has 2 rings (SSSR count). The lowest BCUT2D eigenvalue weighted by Gasteiger charge is -2.13. The van der Waals surface area contributed by atoms with E-state index in [1.54, 1.807) is 0 Å².